The van der Waals surface area contributed by atoms with Crippen molar-refractivity contribution in [3.63, 3.8) is 0 Å². The van der Waals surface area contributed by atoms with Gasteiger partial charge in [-0.1, -0.05) is 48.5 Å². The van der Waals surface area contributed by atoms with E-state index in [0.29, 0.717) is 18.1 Å². The Morgan fingerprint density at radius 2 is 1.76 bits per heavy atom. The van der Waals surface area contributed by atoms with Gasteiger partial charge in [0.05, 0.1) is 0 Å². The highest BCUT2D eigenvalue weighted by Crippen LogP contribution is 2.35. The molecular formula is C27H21N5O2. The van der Waals surface area contributed by atoms with Crippen molar-refractivity contribution in [2.24, 2.45) is 0 Å². The second-order valence-electron chi connectivity index (χ2n) is 8.32. The number of aromatic nitrogens is 3. The number of fused-ring (bicyclic) bond motifs is 2. The van der Waals surface area contributed by atoms with Gasteiger partial charge in [0.1, 0.15) is 6.04 Å². The number of H-pyrrole nitrogens is 2. The second-order valence-corrected chi connectivity index (χ2v) is 8.32. The number of carbonyl (C=O) groups excluding carboxylic acids is 2. The van der Waals surface area contributed by atoms with Crippen LogP contribution in [0.4, 0.5) is 5.95 Å². The first-order valence-corrected chi connectivity index (χ1v) is 11.0. The molecule has 7 nitrogen and oxygen atoms in total. The minimum Gasteiger partial charge on any atom is -0.361 e. The molecule has 5 aromatic rings. The number of carbonyl (C=O) groups is 2. The molecule has 0 radical (unpaired) electrons. The van der Waals surface area contributed by atoms with Gasteiger partial charge < -0.3 is 14.9 Å². The maximum Gasteiger partial charge on any atom is 0.255 e. The Labute approximate surface area is 195 Å². The van der Waals surface area contributed by atoms with E-state index >= 15 is 0 Å². The predicted molar refractivity (Wildman–Crippen MR) is 130 cm³/mol. The average molecular weight is 447 g/mol. The van der Waals surface area contributed by atoms with E-state index in [0.717, 1.165) is 33.2 Å². The van der Waals surface area contributed by atoms with Gasteiger partial charge in [-0.05, 0) is 51.9 Å². The number of nitrogens with one attached hydrogen (secondary N) is 3. The summed E-state index contributed by atoms with van der Waals surface area (Å²) in [6, 6.07) is 22.7. The molecule has 0 saturated carbocycles. The summed E-state index contributed by atoms with van der Waals surface area (Å²) < 4.78 is 0. The van der Waals surface area contributed by atoms with Crippen LogP contribution >= 0.6 is 0 Å². The number of amides is 2. The lowest BCUT2D eigenvalue weighted by molar-refractivity contribution is -0.120. The number of rotatable bonds is 5. The molecule has 3 aromatic carbocycles. The number of aromatic amines is 2. The molecule has 2 aromatic heterocycles. The Bertz CT molecular complexity index is 1500. The Hall–Kier alpha value is -4.65. The molecule has 3 N–H and O–H groups in total. The van der Waals surface area contributed by atoms with Crippen LogP contribution in [-0.4, -0.2) is 31.7 Å². The van der Waals surface area contributed by atoms with Crippen molar-refractivity contribution in [1.29, 1.82) is 0 Å². The summed E-state index contributed by atoms with van der Waals surface area (Å²) in [5.74, 6) is -0.138. The number of benzene rings is 3. The van der Waals surface area contributed by atoms with Crippen molar-refractivity contribution in [2.75, 3.05) is 5.32 Å². The topological polar surface area (TPSA) is 93.9 Å². The third-order valence-electron chi connectivity index (χ3n) is 6.24. The molecule has 0 unspecified atom stereocenters. The number of hydrogen-bond acceptors (Lipinski definition) is 3. The van der Waals surface area contributed by atoms with Crippen molar-refractivity contribution in [3.8, 4) is 11.1 Å². The number of hydrogen-bond donors (Lipinski definition) is 3. The molecule has 0 saturated heterocycles. The van der Waals surface area contributed by atoms with Crippen LogP contribution in [0.3, 0.4) is 0 Å². The predicted octanol–water partition coefficient (Wildman–Crippen LogP) is 4.89. The Kier molecular flexibility index (Phi) is 4.73. The summed E-state index contributed by atoms with van der Waals surface area (Å²) in [4.78, 5) is 38.7. The smallest absolute Gasteiger partial charge is 0.255 e. The van der Waals surface area contributed by atoms with Gasteiger partial charge in [0.25, 0.3) is 11.8 Å². The molecule has 166 valence electrons. The SMILES string of the molecule is O=C(Nc1ncc[nH]1)[C@@H](c1ccccc1)N1Cc2ccc(-c3ccc4[nH]ccc4c3)cc2C1=O. The Morgan fingerprint density at radius 3 is 2.59 bits per heavy atom. The minimum atomic E-state index is -0.786. The molecule has 7 heteroatoms. The standard InChI is InChI=1S/C27H21N5O2/c33-25(31-27-29-12-13-30-27)24(17-4-2-1-3-5-17)32-16-21-7-6-19(15-22(21)26(32)34)18-8-9-23-20(14-18)10-11-28-23/h1-15,24,28H,16H2,(H2,29,30,31,33)/t24-/m1/s1. The van der Waals surface area contributed by atoms with Gasteiger partial charge >= 0.3 is 0 Å². The van der Waals surface area contributed by atoms with Gasteiger partial charge in [-0.25, -0.2) is 4.98 Å². The van der Waals surface area contributed by atoms with Gasteiger partial charge in [0.2, 0.25) is 5.95 Å². The first kappa shape index (κ1) is 20.0. The van der Waals surface area contributed by atoms with E-state index in [9.17, 15) is 9.59 Å². The lowest BCUT2D eigenvalue weighted by Gasteiger charge is -2.27. The molecule has 0 bridgehead atoms. The molecule has 1 aliphatic heterocycles. The fraction of sp³-hybridized carbons (Fsp3) is 0.0741. The highest BCUT2D eigenvalue weighted by atomic mass is 16.2. The fourth-order valence-electron chi connectivity index (χ4n) is 4.57. The summed E-state index contributed by atoms with van der Waals surface area (Å²) in [6.07, 6.45) is 5.11. The van der Waals surface area contributed by atoms with E-state index in [-0.39, 0.29) is 11.8 Å². The Morgan fingerprint density at radius 1 is 0.941 bits per heavy atom. The normalized spacial score (nSPS) is 13.8. The van der Waals surface area contributed by atoms with Crippen LogP contribution in [0, 0.1) is 0 Å². The molecule has 1 aliphatic rings. The van der Waals surface area contributed by atoms with Crippen molar-refractivity contribution in [1.82, 2.24) is 19.9 Å². The van der Waals surface area contributed by atoms with Gasteiger partial charge in [-0.3, -0.25) is 14.9 Å². The van der Waals surface area contributed by atoms with E-state index in [4.69, 9.17) is 0 Å². The van der Waals surface area contributed by atoms with Crippen LogP contribution in [0.5, 0.6) is 0 Å². The Balaban J connectivity index is 1.35. The van der Waals surface area contributed by atoms with Crippen molar-refractivity contribution in [3.05, 3.63) is 108 Å². The van der Waals surface area contributed by atoms with Crippen LogP contribution in [0.15, 0.2) is 91.4 Å². The van der Waals surface area contributed by atoms with Crippen LogP contribution in [0.25, 0.3) is 22.0 Å². The highest BCUT2D eigenvalue weighted by Gasteiger charge is 2.37. The zero-order chi connectivity index (χ0) is 23.1. The number of imidazole rings is 1. The lowest BCUT2D eigenvalue weighted by atomic mass is 9.99. The molecule has 3 heterocycles. The zero-order valence-electron chi connectivity index (χ0n) is 18.2. The summed E-state index contributed by atoms with van der Waals surface area (Å²) in [7, 11) is 0. The van der Waals surface area contributed by atoms with Crippen LogP contribution in [0.1, 0.15) is 27.5 Å². The number of nitrogens with zero attached hydrogens (tertiary/aromatic N) is 2. The lowest BCUT2D eigenvalue weighted by Crippen LogP contribution is -2.37. The van der Waals surface area contributed by atoms with Crippen molar-refractivity contribution >= 4 is 28.7 Å². The maximum atomic E-state index is 13.6. The molecule has 2 amide bonds. The molecule has 0 aliphatic carbocycles. The third kappa shape index (κ3) is 3.44. The zero-order valence-corrected chi connectivity index (χ0v) is 18.2. The van der Waals surface area contributed by atoms with E-state index in [1.165, 1.54) is 0 Å². The van der Waals surface area contributed by atoms with E-state index in [1.54, 1.807) is 17.3 Å². The molecular weight excluding hydrogens is 426 g/mol. The van der Waals surface area contributed by atoms with Gasteiger partial charge in [-0.2, -0.15) is 0 Å². The first-order valence-electron chi connectivity index (χ1n) is 11.0. The summed E-state index contributed by atoms with van der Waals surface area (Å²) in [6.45, 7) is 0.358. The molecule has 34 heavy (non-hydrogen) atoms. The van der Waals surface area contributed by atoms with Gasteiger partial charge in [-0.15, -0.1) is 0 Å². The minimum absolute atomic E-state index is 0.164. The quantitative estimate of drug-likeness (QED) is 0.358. The van der Waals surface area contributed by atoms with Gasteiger partial charge in [0.15, 0.2) is 0 Å². The number of anilines is 1. The van der Waals surface area contributed by atoms with Crippen LogP contribution in [0.2, 0.25) is 0 Å². The van der Waals surface area contributed by atoms with E-state index in [2.05, 4.69) is 26.3 Å². The van der Waals surface area contributed by atoms with Gasteiger partial charge in [0, 0.05) is 36.2 Å². The average Bonchev–Trinajstić information content (AvgIpc) is 3.61. The monoisotopic (exact) mass is 447 g/mol. The van der Waals surface area contributed by atoms with E-state index < -0.39 is 6.04 Å². The molecule has 0 spiro atoms. The summed E-state index contributed by atoms with van der Waals surface area (Å²) in [5, 5.41) is 3.91. The summed E-state index contributed by atoms with van der Waals surface area (Å²) >= 11 is 0. The second kappa shape index (κ2) is 8.04. The maximum absolute atomic E-state index is 13.6. The first-order chi connectivity index (χ1) is 16.7. The largest absolute Gasteiger partial charge is 0.361 e. The molecule has 1 atom stereocenters. The fourth-order valence-corrected chi connectivity index (χ4v) is 4.57. The summed E-state index contributed by atoms with van der Waals surface area (Å²) in [5.41, 5.74) is 5.34. The highest BCUT2D eigenvalue weighted by molar-refractivity contribution is 6.04. The van der Waals surface area contributed by atoms with Crippen molar-refractivity contribution < 1.29 is 9.59 Å². The van der Waals surface area contributed by atoms with E-state index in [1.807, 2.05) is 72.9 Å². The molecule has 6 rings (SSSR count). The molecule has 0 fully saturated rings. The third-order valence-corrected chi connectivity index (χ3v) is 6.24. The van der Waals surface area contributed by atoms with Crippen molar-refractivity contribution in [2.45, 2.75) is 12.6 Å². The van der Waals surface area contributed by atoms with Crippen LogP contribution < -0.4 is 5.32 Å². The van der Waals surface area contributed by atoms with Crippen LogP contribution in [-0.2, 0) is 11.3 Å².